The van der Waals surface area contributed by atoms with Crippen molar-refractivity contribution in [3.05, 3.63) is 53.7 Å². The molecule has 4 heteroatoms. The van der Waals surface area contributed by atoms with Gasteiger partial charge in [0.15, 0.2) is 5.78 Å². The highest BCUT2D eigenvalue weighted by Crippen LogP contribution is 2.03. The second-order valence-electron chi connectivity index (χ2n) is 4.46. The standard InChI is InChI=1S/C15H16N2O2/c1-11-10-16-14(15(19)17-11)9-13(18)8-7-12-5-3-2-4-6-12/h2-9,11,16H,10H2,1H3,(H,17,19)/b8-7+,14-9-/t11-/m1/s1. The fourth-order valence-electron chi connectivity index (χ4n) is 1.75. The molecule has 19 heavy (non-hydrogen) atoms. The molecule has 0 saturated carbocycles. The third kappa shape index (κ3) is 3.81. The van der Waals surface area contributed by atoms with Crippen LogP contribution >= 0.6 is 0 Å². The lowest BCUT2D eigenvalue weighted by Gasteiger charge is -2.23. The highest BCUT2D eigenvalue weighted by molar-refractivity contribution is 6.07. The van der Waals surface area contributed by atoms with E-state index >= 15 is 0 Å². The van der Waals surface area contributed by atoms with Crippen LogP contribution < -0.4 is 10.6 Å². The molecule has 1 heterocycles. The number of ketones is 1. The smallest absolute Gasteiger partial charge is 0.267 e. The van der Waals surface area contributed by atoms with Gasteiger partial charge in [-0.15, -0.1) is 0 Å². The Morgan fingerprint density at radius 1 is 1.32 bits per heavy atom. The lowest BCUT2D eigenvalue weighted by molar-refractivity contribution is -0.119. The molecule has 1 aromatic carbocycles. The molecule has 0 bridgehead atoms. The van der Waals surface area contributed by atoms with E-state index in [1.807, 2.05) is 37.3 Å². The van der Waals surface area contributed by atoms with E-state index in [2.05, 4.69) is 10.6 Å². The van der Waals surface area contributed by atoms with Crippen molar-refractivity contribution in [3.63, 3.8) is 0 Å². The van der Waals surface area contributed by atoms with Gasteiger partial charge in [0.25, 0.3) is 5.91 Å². The molecular formula is C15H16N2O2. The van der Waals surface area contributed by atoms with Crippen molar-refractivity contribution >= 4 is 17.8 Å². The zero-order chi connectivity index (χ0) is 13.7. The highest BCUT2D eigenvalue weighted by Gasteiger charge is 2.18. The van der Waals surface area contributed by atoms with Gasteiger partial charge in [0.05, 0.1) is 0 Å². The minimum Gasteiger partial charge on any atom is -0.378 e. The molecule has 98 valence electrons. The van der Waals surface area contributed by atoms with Gasteiger partial charge in [0, 0.05) is 18.7 Å². The predicted octanol–water partition coefficient (Wildman–Crippen LogP) is 1.26. The Balaban J connectivity index is 2.01. The van der Waals surface area contributed by atoms with Gasteiger partial charge in [-0.25, -0.2) is 0 Å². The first-order valence-electron chi connectivity index (χ1n) is 6.18. The van der Waals surface area contributed by atoms with Crippen LogP contribution in [0.25, 0.3) is 6.08 Å². The van der Waals surface area contributed by atoms with Crippen molar-refractivity contribution in [2.24, 2.45) is 0 Å². The Hall–Kier alpha value is -2.36. The van der Waals surface area contributed by atoms with E-state index in [4.69, 9.17) is 0 Å². The number of carbonyl (C=O) groups excluding carboxylic acids is 2. The first-order valence-corrected chi connectivity index (χ1v) is 6.18. The summed E-state index contributed by atoms with van der Waals surface area (Å²) in [5.74, 6) is -0.448. The molecule has 0 aliphatic carbocycles. The Kier molecular flexibility index (Phi) is 4.13. The van der Waals surface area contributed by atoms with E-state index in [0.29, 0.717) is 12.2 Å². The number of benzene rings is 1. The van der Waals surface area contributed by atoms with E-state index in [1.54, 1.807) is 6.08 Å². The second kappa shape index (κ2) is 6.00. The summed E-state index contributed by atoms with van der Waals surface area (Å²) < 4.78 is 0. The normalized spacial score (nSPS) is 21.2. The van der Waals surface area contributed by atoms with Gasteiger partial charge >= 0.3 is 0 Å². The van der Waals surface area contributed by atoms with E-state index in [-0.39, 0.29) is 17.7 Å². The molecule has 1 aromatic rings. The van der Waals surface area contributed by atoms with Crippen LogP contribution in [-0.4, -0.2) is 24.3 Å². The molecule has 2 N–H and O–H groups in total. The van der Waals surface area contributed by atoms with Crippen LogP contribution in [0.15, 0.2) is 48.2 Å². The molecule has 1 atom stereocenters. The third-order valence-corrected chi connectivity index (χ3v) is 2.75. The van der Waals surface area contributed by atoms with Crippen LogP contribution in [-0.2, 0) is 9.59 Å². The van der Waals surface area contributed by atoms with Crippen LogP contribution in [0.2, 0.25) is 0 Å². The van der Waals surface area contributed by atoms with Gasteiger partial charge in [0.1, 0.15) is 5.70 Å². The maximum absolute atomic E-state index is 11.7. The summed E-state index contributed by atoms with van der Waals surface area (Å²) in [6.07, 6.45) is 4.50. The summed E-state index contributed by atoms with van der Waals surface area (Å²) in [5.41, 5.74) is 1.27. The van der Waals surface area contributed by atoms with Crippen LogP contribution in [0, 0.1) is 0 Å². The number of allylic oxidation sites excluding steroid dienone is 2. The minimum atomic E-state index is -0.236. The number of nitrogens with one attached hydrogen (secondary N) is 2. The van der Waals surface area contributed by atoms with Crippen molar-refractivity contribution in [2.75, 3.05) is 6.54 Å². The molecule has 0 radical (unpaired) electrons. The fourth-order valence-corrected chi connectivity index (χ4v) is 1.75. The first-order chi connectivity index (χ1) is 9.15. The number of rotatable bonds is 3. The maximum Gasteiger partial charge on any atom is 0.267 e. The maximum atomic E-state index is 11.7. The summed E-state index contributed by atoms with van der Waals surface area (Å²) in [5, 5.41) is 5.70. The molecular weight excluding hydrogens is 240 g/mol. The first kappa shape index (κ1) is 13.1. The van der Waals surface area contributed by atoms with Crippen LogP contribution in [0.3, 0.4) is 0 Å². The Morgan fingerprint density at radius 2 is 2.05 bits per heavy atom. The predicted molar refractivity (Wildman–Crippen MR) is 74.2 cm³/mol. The molecule has 4 nitrogen and oxygen atoms in total. The number of carbonyl (C=O) groups is 2. The third-order valence-electron chi connectivity index (χ3n) is 2.75. The Bertz CT molecular complexity index is 532. The van der Waals surface area contributed by atoms with Gasteiger partial charge < -0.3 is 10.6 Å². The molecule has 2 rings (SSSR count). The second-order valence-corrected chi connectivity index (χ2v) is 4.46. The number of amides is 1. The summed E-state index contributed by atoms with van der Waals surface area (Å²) in [6.45, 7) is 2.53. The highest BCUT2D eigenvalue weighted by atomic mass is 16.2. The van der Waals surface area contributed by atoms with E-state index in [1.165, 1.54) is 12.2 Å². The van der Waals surface area contributed by atoms with Crippen molar-refractivity contribution in [3.8, 4) is 0 Å². The van der Waals surface area contributed by atoms with Crippen LogP contribution in [0.1, 0.15) is 12.5 Å². The van der Waals surface area contributed by atoms with Crippen molar-refractivity contribution in [1.82, 2.24) is 10.6 Å². The van der Waals surface area contributed by atoms with Gasteiger partial charge in [-0.05, 0) is 18.6 Å². The zero-order valence-corrected chi connectivity index (χ0v) is 10.7. The summed E-state index contributed by atoms with van der Waals surface area (Å²) >= 11 is 0. The van der Waals surface area contributed by atoms with Gasteiger partial charge in [-0.3, -0.25) is 9.59 Å². The Labute approximate surface area is 112 Å². The van der Waals surface area contributed by atoms with E-state index in [9.17, 15) is 9.59 Å². The topological polar surface area (TPSA) is 58.2 Å². The average Bonchev–Trinajstić information content (AvgIpc) is 2.41. The minimum absolute atomic E-state index is 0.0830. The SMILES string of the molecule is C[C@@H]1CN/C(=C\C(=O)/C=C/c2ccccc2)C(=O)N1. The van der Waals surface area contributed by atoms with Crippen molar-refractivity contribution in [2.45, 2.75) is 13.0 Å². The van der Waals surface area contributed by atoms with Gasteiger partial charge in [-0.2, -0.15) is 0 Å². The van der Waals surface area contributed by atoms with Crippen molar-refractivity contribution in [1.29, 1.82) is 0 Å². The molecule has 1 fully saturated rings. The van der Waals surface area contributed by atoms with Crippen molar-refractivity contribution < 1.29 is 9.59 Å². The number of piperazine rings is 1. The molecule has 0 spiro atoms. The number of hydrogen-bond acceptors (Lipinski definition) is 3. The number of hydrogen-bond donors (Lipinski definition) is 2. The lowest BCUT2D eigenvalue weighted by Crippen LogP contribution is -2.49. The van der Waals surface area contributed by atoms with E-state index in [0.717, 1.165) is 5.56 Å². The van der Waals surface area contributed by atoms with Crippen LogP contribution in [0.5, 0.6) is 0 Å². The fraction of sp³-hybridized carbons (Fsp3) is 0.200. The molecule has 1 aliphatic heterocycles. The van der Waals surface area contributed by atoms with E-state index < -0.39 is 0 Å². The molecule has 1 amide bonds. The molecule has 1 saturated heterocycles. The summed E-state index contributed by atoms with van der Waals surface area (Å²) in [6, 6.07) is 9.62. The average molecular weight is 256 g/mol. The summed E-state index contributed by atoms with van der Waals surface area (Å²) in [4.78, 5) is 23.3. The lowest BCUT2D eigenvalue weighted by atomic mass is 10.1. The van der Waals surface area contributed by atoms with Crippen LogP contribution in [0.4, 0.5) is 0 Å². The van der Waals surface area contributed by atoms with Gasteiger partial charge in [0.2, 0.25) is 0 Å². The van der Waals surface area contributed by atoms with Gasteiger partial charge in [-0.1, -0.05) is 36.4 Å². The largest absolute Gasteiger partial charge is 0.378 e. The zero-order valence-electron chi connectivity index (χ0n) is 10.7. The molecule has 0 aromatic heterocycles. The quantitative estimate of drug-likeness (QED) is 0.800. The Morgan fingerprint density at radius 3 is 2.74 bits per heavy atom. The summed E-state index contributed by atoms with van der Waals surface area (Å²) in [7, 11) is 0. The molecule has 0 unspecified atom stereocenters. The molecule has 1 aliphatic rings. The monoisotopic (exact) mass is 256 g/mol.